The van der Waals surface area contributed by atoms with Crippen molar-refractivity contribution in [3.8, 4) is 0 Å². The van der Waals surface area contributed by atoms with Gasteiger partial charge < -0.3 is 15.3 Å². The van der Waals surface area contributed by atoms with E-state index in [4.69, 9.17) is 0 Å². The summed E-state index contributed by atoms with van der Waals surface area (Å²) in [4.78, 5) is 30.9. The second kappa shape index (κ2) is 8.46. The van der Waals surface area contributed by atoms with E-state index >= 15 is 0 Å². The van der Waals surface area contributed by atoms with Crippen LogP contribution in [-0.4, -0.2) is 39.6 Å². The average molecular weight is 456 g/mol. The van der Waals surface area contributed by atoms with Gasteiger partial charge in [-0.25, -0.2) is 18.6 Å². The van der Waals surface area contributed by atoms with Gasteiger partial charge in [0.05, 0.1) is 29.1 Å². The highest BCUT2D eigenvalue weighted by atomic mass is 19.3. The number of carboxylic acid groups (broad SMARTS) is 1. The average Bonchev–Trinajstić information content (AvgIpc) is 2.75. The molecule has 1 unspecified atom stereocenters. The van der Waals surface area contributed by atoms with Crippen molar-refractivity contribution < 1.29 is 18.7 Å². The molecule has 1 fully saturated rings. The third-order valence-corrected chi connectivity index (χ3v) is 6.00. The van der Waals surface area contributed by atoms with Crippen molar-refractivity contribution in [2.75, 3.05) is 23.3 Å². The Kier molecular flexibility index (Phi) is 5.82. The second-order valence-corrected chi connectivity index (χ2v) is 8.62. The maximum absolute atomic E-state index is 14.1. The topological polar surface area (TPSA) is 87.5 Å². The molecule has 0 spiro atoms. The molecule has 4 rings (SSSR count). The first-order chi connectivity index (χ1) is 15.6. The molecule has 9 heteroatoms. The SMILES string of the molecule is Cc1cc(C(C)Nc2ccccc2C(=O)O)c2nc(N3CCCC(F)(F)C3)n(C)c(=O)c2c1. The first kappa shape index (κ1) is 22.7. The van der Waals surface area contributed by atoms with Crippen molar-refractivity contribution in [2.24, 2.45) is 7.05 Å². The van der Waals surface area contributed by atoms with Gasteiger partial charge in [-0.1, -0.05) is 18.2 Å². The fraction of sp³-hybridized carbons (Fsp3) is 0.375. The maximum Gasteiger partial charge on any atom is 0.337 e. The lowest BCUT2D eigenvalue weighted by Crippen LogP contribution is -2.45. The van der Waals surface area contributed by atoms with Crippen molar-refractivity contribution in [2.45, 2.75) is 38.7 Å². The molecule has 7 nitrogen and oxygen atoms in total. The van der Waals surface area contributed by atoms with Crippen molar-refractivity contribution in [3.63, 3.8) is 0 Å². The number of fused-ring (bicyclic) bond motifs is 1. The number of rotatable bonds is 5. The number of piperidine rings is 1. The van der Waals surface area contributed by atoms with E-state index in [1.165, 1.54) is 15.5 Å². The number of carboxylic acids is 1. The summed E-state index contributed by atoms with van der Waals surface area (Å²) in [6.07, 6.45) is 0.130. The lowest BCUT2D eigenvalue weighted by molar-refractivity contribution is -0.0122. The minimum atomic E-state index is -2.84. The van der Waals surface area contributed by atoms with Gasteiger partial charge in [-0.05, 0) is 44.0 Å². The first-order valence-electron chi connectivity index (χ1n) is 10.8. The van der Waals surface area contributed by atoms with Crippen LogP contribution in [0.3, 0.4) is 0 Å². The van der Waals surface area contributed by atoms with Gasteiger partial charge in [0.15, 0.2) is 0 Å². The van der Waals surface area contributed by atoms with Gasteiger partial charge >= 0.3 is 5.97 Å². The lowest BCUT2D eigenvalue weighted by atomic mass is 10.0. The van der Waals surface area contributed by atoms with Gasteiger partial charge in [-0.3, -0.25) is 9.36 Å². The molecular formula is C24H26F2N4O3. The Morgan fingerprint density at radius 1 is 1.27 bits per heavy atom. The Morgan fingerprint density at radius 2 is 2.00 bits per heavy atom. The molecule has 33 heavy (non-hydrogen) atoms. The third-order valence-electron chi connectivity index (χ3n) is 6.00. The Labute approximate surface area is 189 Å². The quantitative estimate of drug-likeness (QED) is 0.594. The summed E-state index contributed by atoms with van der Waals surface area (Å²) in [7, 11) is 1.55. The van der Waals surface area contributed by atoms with Crippen LogP contribution in [0.15, 0.2) is 41.2 Å². The first-order valence-corrected chi connectivity index (χ1v) is 10.8. The van der Waals surface area contributed by atoms with Gasteiger partial charge in [-0.15, -0.1) is 0 Å². The maximum atomic E-state index is 14.1. The van der Waals surface area contributed by atoms with Crippen molar-refractivity contribution in [1.82, 2.24) is 9.55 Å². The van der Waals surface area contributed by atoms with Crippen LogP contribution in [-0.2, 0) is 7.05 Å². The number of aryl methyl sites for hydroxylation is 1. The number of aromatic carboxylic acids is 1. The number of anilines is 2. The minimum Gasteiger partial charge on any atom is -0.478 e. The molecule has 0 radical (unpaired) electrons. The molecular weight excluding hydrogens is 430 g/mol. The molecule has 3 aromatic rings. The molecule has 1 atom stereocenters. The van der Waals surface area contributed by atoms with E-state index in [-0.39, 0.29) is 23.5 Å². The second-order valence-electron chi connectivity index (χ2n) is 8.62. The smallest absolute Gasteiger partial charge is 0.337 e. The Hall–Kier alpha value is -3.49. The molecule has 0 amide bonds. The number of hydrogen-bond acceptors (Lipinski definition) is 5. The fourth-order valence-corrected chi connectivity index (χ4v) is 4.40. The largest absolute Gasteiger partial charge is 0.478 e. The van der Waals surface area contributed by atoms with E-state index in [0.29, 0.717) is 35.1 Å². The van der Waals surface area contributed by atoms with Gasteiger partial charge in [0.1, 0.15) is 0 Å². The van der Waals surface area contributed by atoms with Crippen molar-refractivity contribution in [3.05, 3.63) is 63.4 Å². The molecule has 1 aliphatic rings. The van der Waals surface area contributed by atoms with E-state index in [0.717, 1.165) is 5.56 Å². The predicted octanol–water partition coefficient (Wildman–Crippen LogP) is 4.35. The number of nitrogens with zero attached hydrogens (tertiary/aromatic N) is 3. The lowest BCUT2D eigenvalue weighted by Gasteiger charge is -2.34. The van der Waals surface area contributed by atoms with Crippen molar-refractivity contribution in [1.29, 1.82) is 0 Å². The Morgan fingerprint density at radius 3 is 2.70 bits per heavy atom. The van der Waals surface area contributed by atoms with Crippen LogP contribution < -0.4 is 15.8 Å². The van der Waals surface area contributed by atoms with E-state index in [1.54, 1.807) is 31.3 Å². The molecule has 1 aliphatic heterocycles. The Balaban J connectivity index is 1.83. The molecule has 1 aromatic heterocycles. The van der Waals surface area contributed by atoms with Crippen LogP contribution in [0, 0.1) is 6.92 Å². The third kappa shape index (κ3) is 4.40. The monoisotopic (exact) mass is 456 g/mol. The summed E-state index contributed by atoms with van der Waals surface area (Å²) in [5.41, 5.74) is 2.20. The highest BCUT2D eigenvalue weighted by Crippen LogP contribution is 2.31. The van der Waals surface area contributed by atoms with Crippen LogP contribution in [0.5, 0.6) is 0 Å². The molecule has 0 saturated carbocycles. The Bertz CT molecular complexity index is 1290. The summed E-state index contributed by atoms with van der Waals surface area (Å²) in [6.45, 7) is 3.61. The highest BCUT2D eigenvalue weighted by molar-refractivity contribution is 5.94. The summed E-state index contributed by atoms with van der Waals surface area (Å²) >= 11 is 0. The number of carbonyl (C=O) groups is 1. The number of nitrogens with one attached hydrogen (secondary N) is 1. The molecule has 0 aliphatic carbocycles. The van der Waals surface area contributed by atoms with Gasteiger partial charge in [0.2, 0.25) is 5.95 Å². The summed E-state index contributed by atoms with van der Waals surface area (Å²) in [5, 5.41) is 13.1. The zero-order chi connectivity index (χ0) is 23.9. The van der Waals surface area contributed by atoms with Gasteiger partial charge in [-0.2, -0.15) is 0 Å². The minimum absolute atomic E-state index is 0.126. The number of benzene rings is 2. The fourth-order valence-electron chi connectivity index (χ4n) is 4.40. The molecule has 2 heterocycles. The zero-order valence-electron chi connectivity index (χ0n) is 18.7. The summed E-state index contributed by atoms with van der Waals surface area (Å²) < 4.78 is 29.5. The predicted molar refractivity (Wildman–Crippen MR) is 124 cm³/mol. The standard InChI is InChI=1S/C24H26F2N4O3/c1-14-11-17(15(2)27-19-8-5-4-7-16(19)22(32)33)20-18(12-14)21(31)29(3)23(28-20)30-10-6-9-24(25,26)13-30/h4-5,7-8,11-12,15,27H,6,9-10,13H2,1-3H3,(H,32,33). The van der Waals surface area contributed by atoms with E-state index in [1.807, 2.05) is 19.9 Å². The zero-order valence-corrected chi connectivity index (χ0v) is 18.7. The van der Waals surface area contributed by atoms with Gasteiger partial charge in [0, 0.05) is 31.3 Å². The van der Waals surface area contributed by atoms with E-state index < -0.39 is 24.5 Å². The van der Waals surface area contributed by atoms with Gasteiger partial charge in [0.25, 0.3) is 11.5 Å². The number of para-hydroxylation sites is 1. The number of aromatic nitrogens is 2. The molecule has 0 bridgehead atoms. The van der Waals surface area contributed by atoms with E-state index in [2.05, 4.69) is 10.3 Å². The van der Waals surface area contributed by atoms with Crippen LogP contribution in [0.25, 0.3) is 10.9 Å². The van der Waals surface area contributed by atoms with E-state index in [9.17, 15) is 23.5 Å². The molecule has 174 valence electrons. The van der Waals surface area contributed by atoms with Crippen LogP contribution >= 0.6 is 0 Å². The van der Waals surface area contributed by atoms with Crippen LogP contribution in [0.4, 0.5) is 20.4 Å². The normalized spacial score (nSPS) is 16.6. The number of halogens is 2. The molecule has 2 N–H and O–H groups in total. The molecule has 2 aromatic carbocycles. The van der Waals surface area contributed by atoms with Crippen LogP contribution in [0.2, 0.25) is 0 Å². The number of alkyl halides is 2. The molecule has 1 saturated heterocycles. The van der Waals surface area contributed by atoms with Crippen LogP contribution in [0.1, 0.15) is 47.3 Å². The highest BCUT2D eigenvalue weighted by Gasteiger charge is 2.36. The summed E-state index contributed by atoms with van der Waals surface area (Å²) in [6, 6.07) is 9.78. The van der Waals surface area contributed by atoms with Crippen molar-refractivity contribution >= 4 is 28.5 Å². The summed E-state index contributed by atoms with van der Waals surface area (Å²) in [5.74, 6) is -3.69. The number of hydrogen-bond donors (Lipinski definition) is 2.